The molecule has 0 bridgehead atoms. The molecule has 0 atom stereocenters. The van der Waals surface area contributed by atoms with Gasteiger partial charge in [0.1, 0.15) is 5.75 Å². The van der Waals surface area contributed by atoms with E-state index in [4.69, 9.17) is 16.3 Å². The molecule has 0 N–H and O–H groups in total. The number of nitrogens with zero attached hydrogens (tertiary/aromatic N) is 2. The summed E-state index contributed by atoms with van der Waals surface area (Å²) in [6.07, 6.45) is 7.00. The van der Waals surface area contributed by atoms with Gasteiger partial charge in [-0.2, -0.15) is 0 Å². The van der Waals surface area contributed by atoms with Crippen molar-refractivity contribution < 1.29 is 9.53 Å². The molecule has 1 spiro atoms. The molecular formula is C18H23ClN2O2. The van der Waals surface area contributed by atoms with Crippen LogP contribution < -0.4 is 4.74 Å². The van der Waals surface area contributed by atoms with Crippen LogP contribution in [0.3, 0.4) is 0 Å². The Labute approximate surface area is 142 Å². The van der Waals surface area contributed by atoms with Crippen LogP contribution in [-0.2, 0) is 0 Å². The van der Waals surface area contributed by atoms with Crippen molar-refractivity contribution in [2.75, 3.05) is 34.2 Å². The van der Waals surface area contributed by atoms with Crippen LogP contribution in [0, 0.1) is 5.41 Å². The van der Waals surface area contributed by atoms with Gasteiger partial charge in [0, 0.05) is 43.7 Å². The van der Waals surface area contributed by atoms with Gasteiger partial charge in [-0.15, -0.1) is 0 Å². The highest BCUT2D eigenvalue weighted by Gasteiger charge is 2.52. The van der Waals surface area contributed by atoms with Gasteiger partial charge in [0.15, 0.2) is 6.29 Å². The van der Waals surface area contributed by atoms with Crippen molar-refractivity contribution in [3.05, 3.63) is 34.5 Å². The Balaban J connectivity index is 1.77. The molecule has 0 aromatic heterocycles. The molecule has 23 heavy (non-hydrogen) atoms. The molecule has 4 nitrogen and oxygen atoms in total. The van der Waals surface area contributed by atoms with Gasteiger partial charge in [-0.1, -0.05) is 11.6 Å². The molecule has 5 heteroatoms. The zero-order valence-corrected chi connectivity index (χ0v) is 14.6. The maximum Gasteiger partial charge on any atom is 0.152 e. The number of halogens is 1. The van der Waals surface area contributed by atoms with Crippen LogP contribution in [0.5, 0.6) is 5.75 Å². The van der Waals surface area contributed by atoms with Gasteiger partial charge in [0.2, 0.25) is 0 Å². The lowest BCUT2D eigenvalue weighted by Gasteiger charge is -2.57. The summed E-state index contributed by atoms with van der Waals surface area (Å²) >= 11 is 6.15. The predicted octanol–water partition coefficient (Wildman–Crippen LogP) is 3.16. The summed E-state index contributed by atoms with van der Waals surface area (Å²) in [5, 5.41) is 0.455. The highest BCUT2D eigenvalue weighted by Crippen LogP contribution is 2.49. The van der Waals surface area contributed by atoms with Gasteiger partial charge >= 0.3 is 0 Å². The van der Waals surface area contributed by atoms with Crippen LogP contribution in [0.25, 0.3) is 6.08 Å². The fraction of sp³-hybridized carbons (Fsp3) is 0.500. The zero-order valence-electron chi connectivity index (χ0n) is 13.9. The second-order valence-electron chi connectivity index (χ2n) is 7.09. The van der Waals surface area contributed by atoms with E-state index in [-0.39, 0.29) is 6.10 Å². The van der Waals surface area contributed by atoms with E-state index in [1.807, 2.05) is 37.3 Å². The van der Waals surface area contributed by atoms with E-state index in [0.29, 0.717) is 16.0 Å². The molecule has 1 aromatic carbocycles. The Bertz CT molecular complexity index is 628. The zero-order chi connectivity index (χ0) is 16.6. The summed E-state index contributed by atoms with van der Waals surface area (Å²) in [5.41, 5.74) is 1.71. The van der Waals surface area contributed by atoms with Gasteiger partial charge < -0.3 is 14.5 Å². The van der Waals surface area contributed by atoms with Gasteiger partial charge in [0.25, 0.3) is 0 Å². The van der Waals surface area contributed by atoms with E-state index in [1.165, 1.54) is 13.1 Å². The quantitative estimate of drug-likeness (QED) is 0.774. The number of aldehydes is 1. The Morgan fingerprint density at radius 3 is 2.57 bits per heavy atom. The fourth-order valence-corrected chi connectivity index (χ4v) is 3.94. The Morgan fingerprint density at radius 1 is 1.30 bits per heavy atom. The second kappa shape index (κ2) is 6.17. The molecule has 2 fully saturated rings. The molecule has 0 amide bonds. The summed E-state index contributed by atoms with van der Waals surface area (Å²) in [4.78, 5) is 15.7. The fourth-order valence-electron chi connectivity index (χ4n) is 3.73. The third-order valence-corrected chi connectivity index (χ3v) is 5.01. The highest BCUT2D eigenvalue weighted by molar-refractivity contribution is 6.33. The van der Waals surface area contributed by atoms with Crippen LogP contribution in [0.15, 0.2) is 18.3 Å². The second-order valence-corrected chi connectivity index (χ2v) is 7.50. The van der Waals surface area contributed by atoms with Crippen LogP contribution in [0.4, 0.5) is 0 Å². The summed E-state index contributed by atoms with van der Waals surface area (Å²) < 4.78 is 6.17. The average molecular weight is 335 g/mol. The molecule has 0 radical (unpaired) electrons. The first kappa shape index (κ1) is 16.3. The number of hydrogen-bond donors (Lipinski definition) is 0. The van der Waals surface area contributed by atoms with E-state index >= 15 is 0 Å². The molecule has 1 aliphatic carbocycles. The van der Waals surface area contributed by atoms with Gasteiger partial charge in [-0.05, 0) is 44.3 Å². The lowest BCUT2D eigenvalue weighted by atomic mass is 9.62. The summed E-state index contributed by atoms with van der Waals surface area (Å²) in [6, 6.07) is 3.60. The first-order valence-corrected chi connectivity index (χ1v) is 8.28. The van der Waals surface area contributed by atoms with Crippen LogP contribution in [0.2, 0.25) is 5.02 Å². The number of ether oxygens (including phenoxy) is 1. The molecule has 1 saturated carbocycles. The lowest BCUT2D eigenvalue weighted by Crippen LogP contribution is -2.63. The number of benzene rings is 1. The Morgan fingerprint density at radius 2 is 2.00 bits per heavy atom. The summed E-state index contributed by atoms with van der Waals surface area (Å²) in [7, 11) is 6.02. The molecule has 1 saturated heterocycles. The van der Waals surface area contributed by atoms with Crippen molar-refractivity contribution in [1.29, 1.82) is 0 Å². The maximum atomic E-state index is 11.4. The number of carbonyl (C=O) groups is 1. The van der Waals surface area contributed by atoms with Crippen LogP contribution >= 0.6 is 11.6 Å². The van der Waals surface area contributed by atoms with Crippen molar-refractivity contribution in [3.8, 4) is 5.75 Å². The molecule has 1 aliphatic heterocycles. The third-order valence-electron chi connectivity index (χ3n) is 4.68. The topological polar surface area (TPSA) is 32.8 Å². The molecule has 124 valence electrons. The van der Waals surface area contributed by atoms with Gasteiger partial charge in [-0.3, -0.25) is 4.79 Å². The van der Waals surface area contributed by atoms with E-state index in [2.05, 4.69) is 11.9 Å². The summed E-state index contributed by atoms with van der Waals surface area (Å²) in [6.45, 7) is 2.33. The lowest BCUT2D eigenvalue weighted by molar-refractivity contribution is -0.109. The number of likely N-dealkylation sites (tertiary alicyclic amines) is 1. The van der Waals surface area contributed by atoms with Crippen molar-refractivity contribution in [1.82, 2.24) is 9.80 Å². The van der Waals surface area contributed by atoms with Crippen molar-refractivity contribution in [2.45, 2.75) is 18.9 Å². The minimum atomic E-state index is 0.232. The van der Waals surface area contributed by atoms with Gasteiger partial charge in [0.05, 0.1) is 11.1 Å². The number of hydrogen-bond acceptors (Lipinski definition) is 4. The minimum absolute atomic E-state index is 0.232. The standard InChI is InChI=1S/C18H23ClN2O2/c1-20(2)7-6-14-15(10-22)16(19)4-5-17(14)23-13-8-18(9-13)11-21(3)12-18/h4-7,10,13H,8-9,11-12H2,1-3H3/b7-6-. The first-order chi connectivity index (χ1) is 10.9. The predicted molar refractivity (Wildman–Crippen MR) is 93.1 cm³/mol. The number of rotatable bonds is 5. The molecule has 0 unspecified atom stereocenters. The molecule has 3 rings (SSSR count). The Hall–Kier alpha value is -1.52. The van der Waals surface area contributed by atoms with Crippen LogP contribution in [0.1, 0.15) is 28.8 Å². The SMILES string of the molecule is CN(C)/C=C\c1c(OC2CC3(C2)CN(C)C3)ccc(Cl)c1C=O. The third kappa shape index (κ3) is 3.24. The molecule has 1 aromatic rings. The Kier molecular flexibility index (Phi) is 4.39. The van der Waals surface area contributed by atoms with E-state index in [9.17, 15) is 4.79 Å². The van der Waals surface area contributed by atoms with Crippen molar-refractivity contribution in [3.63, 3.8) is 0 Å². The molecular weight excluding hydrogens is 312 g/mol. The van der Waals surface area contributed by atoms with E-state index in [1.54, 1.807) is 6.07 Å². The molecule has 1 heterocycles. The van der Waals surface area contributed by atoms with Gasteiger partial charge in [-0.25, -0.2) is 0 Å². The average Bonchev–Trinajstić information content (AvgIpc) is 2.42. The minimum Gasteiger partial charge on any atom is -0.490 e. The van der Waals surface area contributed by atoms with Crippen molar-refractivity contribution >= 4 is 24.0 Å². The van der Waals surface area contributed by atoms with E-state index < -0.39 is 0 Å². The van der Waals surface area contributed by atoms with Crippen molar-refractivity contribution in [2.24, 2.45) is 5.41 Å². The van der Waals surface area contributed by atoms with E-state index in [0.717, 1.165) is 30.4 Å². The summed E-state index contributed by atoms with van der Waals surface area (Å²) in [5.74, 6) is 0.738. The largest absolute Gasteiger partial charge is 0.490 e. The monoisotopic (exact) mass is 334 g/mol. The van der Waals surface area contributed by atoms with Crippen LogP contribution in [-0.4, -0.2) is 56.4 Å². The normalized spacial score (nSPS) is 20.3. The maximum absolute atomic E-state index is 11.4. The molecule has 2 aliphatic rings. The smallest absolute Gasteiger partial charge is 0.152 e. The first-order valence-electron chi connectivity index (χ1n) is 7.90. The number of carbonyl (C=O) groups excluding carboxylic acids is 1. The highest BCUT2D eigenvalue weighted by atomic mass is 35.5.